The number of para-hydroxylation sites is 1. The highest BCUT2D eigenvalue weighted by Gasteiger charge is 2.15. The highest BCUT2D eigenvalue weighted by molar-refractivity contribution is 5.91. The average Bonchev–Trinajstić information content (AvgIpc) is 3.12. The number of nitro groups is 1. The molecule has 1 amide bonds. The Kier molecular flexibility index (Phi) is 5.54. The van der Waals surface area contributed by atoms with Crippen molar-refractivity contribution in [2.45, 2.75) is 13.5 Å². The van der Waals surface area contributed by atoms with Crippen LogP contribution in [0.25, 0.3) is 0 Å². The standard InChI is InChI=1S/C19H16N4O6/c1-12-4-2-3-5-17(12)29-16-7-14(6-15(8-16)23(27)28)21-18(24)11-22-10-13(9-20-22)19(25)26/h2-10H,11H2,1H3,(H,21,24)(H,25,26). The van der Waals surface area contributed by atoms with E-state index in [9.17, 15) is 19.7 Å². The summed E-state index contributed by atoms with van der Waals surface area (Å²) in [5.41, 5.74) is 0.705. The first-order valence-electron chi connectivity index (χ1n) is 8.40. The van der Waals surface area contributed by atoms with Gasteiger partial charge in [0, 0.05) is 18.3 Å². The topological polar surface area (TPSA) is 137 Å². The van der Waals surface area contributed by atoms with Gasteiger partial charge in [0.25, 0.3) is 5.69 Å². The van der Waals surface area contributed by atoms with E-state index in [1.54, 1.807) is 12.1 Å². The fourth-order valence-electron chi connectivity index (χ4n) is 2.53. The third-order valence-electron chi connectivity index (χ3n) is 3.89. The fourth-order valence-corrected chi connectivity index (χ4v) is 2.53. The number of aromatic carboxylic acids is 1. The SMILES string of the molecule is Cc1ccccc1Oc1cc(NC(=O)Cn2cc(C(=O)O)cn2)cc([N+](=O)[O-])c1. The van der Waals surface area contributed by atoms with Gasteiger partial charge in [0.2, 0.25) is 5.91 Å². The highest BCUT2D eigenvalue weighted by atomic mass is 16.6. The zero-order chi connectivity index (χ0) is 21.0. The van der Waals surface area contributed by atoms with Gasteiger partial charge < -0.3 is 15.2 Å². The summed E-state index contributed by atoms with van der Waals surface area (Å²) < 4.78 is 6.89. The lowest BCUT2D eigenvalue weighted by atomic mass is 10.2. The van der Waals surface area contributed by atoms with E-state index in [4.69, 9.17) is 9.84 Å². The molecule has 1 aromatic heterocycles. The number of carbonyl (C=O) groups is 2. The molecule has 0 atom stereocenters. The van der Waals surface area contributed by atoms with Gasteiger partial charge in [-0.3, -0.25) is 19.6 Å². The van der Waals surface area contributed by atoms with E-state index in [0.717, 1.165) is 16.4 Å². The molecule has 3 rings (SSSR count). The number of carboxylic acid groups (broad SMARTS) is 1. The Morgan fingerprint density at radius 1 is 1.28 bits per heavy atom. The van der Waals surface area contributed by atoms with Crippen molar-refractivity contribution in [3.8, 4) is 11.5 Å². The van der Waals surface area contributed by atoms with E-state index < -0.39 is 16.8 Å². The van der Waals surface area contributed by atoms with Crippen molar-refractivity contribution in [1.82, 2.24) is 9.78 Å². The van der Waals surface area contributed by atoms with Crippen LogP contribution in [-0.2, 0) is 11.3 Å². The lowest BCUT2D eigenvalue weighted by Gasteiger charge is -2.11. The normalized spacial score (nSPS) is 10.4. The molecular weight excluding hydrogens is 380 g/mol. The van der Waals surface area contributed by atoms with E-state index >= 15 is 0 Å². The zero-order valence-electron chi connectivity index (χ0n) is 15.2. The Morgan fingerprint density at radius 3 is 2.69 bits per heavy atom. The van der Waals surface area contributed by atoms with E-state index in [1.807, 2.05) is 19.1 Å². The summed E-state index contributed by atoms with van der Waals surface area (Å²) in [5, 5.41) is 26.4. The van der Waals surface area contributed by atoms with Gasteiger partial charge in [0.15, 0.2) is 0 Å². The second-order valence-electron chi connectivity index (χ2n) is 6.12. The van der Waals surface area contributed by atoms with Crippen molar-refractivity contribution in [2.75, 3.05) is 5.32 Å². The van der Waals surface area contributed by atoms with Gasteiger partial charge in [-0.1, -0.05) is 18.2 Å². The van der Waals surface area contributed by atoms with Gasteiger partial charge in [-0.05, 0) is 18.6 Å². The molecule has 2 N–H and O–H groups in total. The molecule has 3 aromatic rings. The number of non-ortho nitro benzene ring substituents is 1. The third-order valence-corrected chi connectivity index (χ3v) is 3.89. The smallest absolute Gasteiger partial charge is 0.338 e. The summed E-state index contributed by atoms with van der Waals surface area (Å²) in [6.07, 6.45) is 2.33. The number of aromatic nitrogens is 2. The number of hydrogen-bond acceptors (Lipinski definition) is 6. The van der Waals surface area contributed by atoms with E-state index in [-0.39, 0.29) is 29.2 Å². The molecule has 2 aromatic carbocycles. The number of hydrogen-bond donors (Lipinski definition) is 2. The molecule has 1 heterocycles. The van der Waals surface area contributed by atoms with Crippen LogP contribution in [0.1, 0.15) is 15.9 Å². The number of anilines is 1. The van der Waals surface area contributed by atoms with Gasteiger partial charge in [0.05, 0.1) is 28.4 Å². The molecule has 10 nitrogen and oxygen atoms in total. The summed E-state index contributed by atoms with van der Waals surface area (Å²) >= 11 is 0. The molecule has 148 valence electrons. The number of carbonyl (C=O) groups excluding carboxylic acids is 1. The van der Waals surface area contributed by atoms with Crippen LogP contribution >= 0.6 is 0 Å². The van der Waals surface area contributed by atoms with Crippen molar-refractivity contribution in [2.24, 2.45) is 0 Å². The molecule has 0 aliphatic rings. The molecule has 10 heteroatoms. The molecule has 0 aliphatic carbocycles. The van der Waals surface area contributed by atoms with Crippen LogP contribution in [0.5, 0.6) is 11.5 Å². The minimum Gasteiger partial charge on any atom is -0.478 e. The number of nitrogens with one attached hydrogen (secondary N) is 1. The molecule has 29 heavy (non-hydrogen) atoms. The van der Waals surface area contributed by atoms with Crippen molar-refractivity contribution < 1.29 is 24.4 Å². The zero-order valence-corrected chi connectivity index (χ0v) is 15.2. The van der Waals surface area contributed by atoms with Gasteiger partial charge in [0.1, 0.15) is 18.0 Å². The van der Waals surface area contributed by atoms with Gasteiger partial charge >= 0.3 is 5.97 Å². The highest BCUT2D eigenvalue weighted by Crippen LogP contribution is 2.31. The number of benzene rings is 2. The maximum absolute atomic E-state index is 12.2. The Hall–Kier alpha value is -4.21. The van der Waals surface area contributed by atoms with Crippen molar-refractivity contribution in [1.29, 1.82) is 0 Å². The predicted octanol–water partition coefficient (Wildman–Crippen LogP) is 3.23. The Labute approximate surface area is 164 Å². The summed E-state index contributed by atoms with van der Waals surface area (Å²) in [6.45, 7) is 1.58. The molecule has 0 unspecified atom stereocenters. The third kappa shape index (κ3) is 4.95. The minimum absolute atomic E-state index is 0.0536. The van der Waals surface area contributed by atoms with Crippen molar-refractivity contribution in [3.05, 3.63) is 76.1 Å². The molecule has 0 spiro atoms. The van der Waals surface area contributed by atoms with E-state index in [1.165, 1.54) is 24.4 Å². The van der Waals surface area contributed by atoms with Gasteiger partial charge in [-0.2, -0.15) is 5.10 Å². The predicted molar refractivity (Wildman–Crippen MR) is 102 cm³/mol. The summed E-state index contributed by atoms with van der Waals surface area (Å²) in [4.78, 5) is 33.8. The number of carboxylic acids is 1. The Balaban J connectivity index is 1.79. The van der Waals surface area contributed by atoms with Crippen LogP contribution < -0.4 is 10.1 Å². The van der Waals surface area contributed by atoms with Crippen molar-refractivity contribution >= 4 is 23.3 Å². The molecule has 0 bridgehead atoms. The summed E-state index contributed by atoms with van der Waals surface area (Å²) in [7, 11) is 0. The molecule has 0 aliphatic heterocycles. The number of aryl methyl sites for hydroxylation is 1. The lowest BCUT2D eigenvalue weighted by Crippen LogP contribution is -2.19. The number of rotatable bonds is 7. The first kappa shape index (κ1) is 19.5. The molecule has 0 fully saturated rings. The fraction of sp³-hybridized carbons (Fsp3) is 0.105. The largest absolute Gasteiger partial charge is 0.478 e. The average molecular weight is 396 g/mol. The second kappa shape index (κ2) is 8.21. The van der Waals surface area contributed by atoms with E-state index in [0.29, 0.717) is 5.75 Å². The summed E-state index contributed by atoms with van der Waals surface area (Å²) in [6, 6.07) is 11.1. The number of amides is 1. The van der Waals surface area contributed by atoms with Crippen LogP contribution in [0.3, 0.4) is 0 Å². The number of nitrogens with zero attached hydrogens (tertiary/aromatic N) is 3. The lowest BCUT2D eigenvalue weighted by molar-refractivity contribution is -0.384. The minimum atomic E-state index is -1.16. The van der Waals surface area contributed by atoms with Crippen molar-refractivity contribution in [3.63, 3.8) is 0 Å². The van der Waals surface area contributed by atoms with Crippen LogP contribution in [0.15, 0.2) is 54.9 Å². The quantitative estimate of drug-likeness (QED) is 0.462. The van der Waals surface area contributed by atoms with Crippen LogP contribution in [-0.4, -0.2) is 31.7 Å². The maximum Gasteiger partial charge on any atom is 0.338 e. The van der Waals surface area contributed by atoms with Crippen LogP contribution in [0.4, 0.5) is 11.4 Å². The van der Waals surface area contributed by atoms with Gasteiger partial charge in [-0.25, -0.2) is 4.79 Å². The molecule has 0 radical (unpaired) electrons. The molecular formula is C19H16N4O6. The first-order valence-corrected chi connectivity index (χ1v) is 8.40. The number of ether oxygens (including phenoxy) is 1. The molecule has 0 saturated carbocycles. The first-order chi connectivity index (χ1) is 13.8. The Bertz CT molecular complexity index is 1090. The monoisotopic (exact) mass is 396 g/mol. The van der Waals surface area contributed by atoms with Gasteiger partial charge in [-0.15, -0.1) is 0 Å². The number of nitro benzene ring substituents is 1. The molecule has 0 saturated heterocycles. The van der Waals surface area contributed by atoms with E-state index in [2.05, 4.69) is 10.4 Å². The van der Waals surface area contributed by atoms with Crippen LogP contribution in [0.2, 0.25) is 0 Å². The van der Waals surface area contributed by atoms with Crippen LogP contribution in [0, 0.1) is 17.0 Å². The summed E-state index contributed by atoms with van der Waals surface area (Å²) in [5.74, 6) is -0.972. The maximum atomic E-state index is 12.2. The second-order valence-corrected chi connectivity index (χ2v) is 6.12. The Morgan fingerprint density at radius 2 is 2.03 bits per heavy atom.